The molecule has 2 aromatic rings. The van der Waals surface area contributed by atoms with Gasteiger partial charge in [0.25, 0.3) is 0 Å². The molecule has 11 heteroatoms. The van der Waals surface area contributed by atoms with E-state index in [4.69, 9.17) is 31.2 Å². The molecule has 0 amide bonds. The van der Waals surface area contributed by atoms with E-state index in [1.807, 2.05) is 23.5 Å². The Bertz CT molecular complexity index is 959. The van der Waals surface area contributed by atoms with Crippen molar-refractivity contribution in [3.8, 4) is 0 Å². The van der Waals surface area contributed by atoms with Crippen LogP contribution in [0.15, 0.2) is 24.3 Å². The fourth-order valence-corrected chi connectivity index (χ4v) is 5.45. The van der Waals surface area contributed by atoms with E-state index in [1.165, 1.54) is 34.1 Å². The third kappa shape index (κ3) is 7.80. The van der Waals surface area contributed by atoms with Gasteiger partial charge in [0.05, 0.1) is 18.4 Å². The van der Waals surface area contributed by atoms with Gasteiger partial charge < -0.3 is 14.7 Å². The van der Waals surface area contributed by atoms with Gasteiger partial charge in [-0.2, -0.15) is 13.2 Å². The minimum atomic E-state index is -5.08. The Labute approximate surface area is 212 Å². The summed E-state index contributed by atoms with van der Waals surface area (Å²) < 4.78 is 37.8. The van der Waals surface area contributed by atoms with Gasteiger partial charge in [-0.25, -0.2) is 9.78 Å². The van der Waals surface area contributed by atoms with Gasteiger partial charge >= 0.3 is 12.1 Å². The number of aliphatic carboxylic acids is 1. The second-order valence-corrected chi connectivity index (χ2v) is 10.6. The number of halogens is 4. The molecule has 6 nitrogen and oxygen atoms in total. The third-order valence-electron chi connectivity index (χ3n) is 6.36. The number of hydrogen-bond acceptors (Lipinski definition) is 6. The second-order valence-electron chi connectivity index (χ2n) is 8.98. The zero-order valence-corrected chi connectivity index (χ0v) is 21.6. The summed E-state index contributed by atoms with van der Waals surface area (Å²) in [6, 6.07) is 9.34. The first-order valence-electron chi connectivity index (χ1n) is 11.5. The molecule has 2 fully saturated rings. The minimum Gasteiger partial charge on any atom is -0.475 e. The van der Waals surface area contributed by atoms with Crippen molar-refractivity contribution in [3.63, 3.8) is 0 Å². The molecular formula is C24H31ClF3N3O3S. The maximum absolute atomic E-state index is 10.6. The molecule has 0 unspecified atom stereocenters. The molecular weight excluding hydrogens is 503 g/mol. The highest BCUT2D eigenvalue weighted by molar-refractivity contribution is 7.15. The van der Waals surface area contributed by atoms with Crippen LogP contribution in [0.5, 0.6) is 0 Å². The number of alkyl halides is 3. The molecule has 0 aliphatic carbocycles. The topological polar surface area (TPSA) is 65.9 Å². The maximum atomic E-state index is 10.6. The van der Waals surface area contributed by atoms with Crippen molar-refractivity contribution in [2.75, 3.05) is 31.1 Å². The summed E-state index contributed by atoms with van der Waals surface area (Å²) in [6.07, 6.45) is -1.36. The number of thiazole rings is 1. The normalized spacial score (nSPS) is 22.0. The van der Waals surface area contributed by atoms with Gasteiger partial charge in [0.1, 0.15) is 0 Å². The lowest BCUT2D eigenvalue weighted by Crippen LogP contribution is -2.56. The summed E-state index contributed by atoms with van der Waals surface area (Å²) in [7, 11) is 0. The van der Waals surface area contributed by atoms with Gasteiger partial charge in [0.2, 0.25) is 0 Å². The summed E-state index contributed by atoms with van der Waals surface area (Å²) in [5.41, 5.74) is 2.51. The van der Waals surface area contributed by atoms with E-state index < -0.39 is 12.1 Å². The number of piperidine rings is 1. The quantitative estimate of drug-likeness (QED) is 0.572. The predicted molar refractivity (Wildman–Crippen MR) is 132 cm³/mol. The van der Waals surface area contributed by atoms with Crippen molar-refractivity contribution in [1.29, 1.82) is 0 Å². The van der Waals surface area contributed by atoms with Gasteiger partial charge in [-0.05, 0) is 57.7 Å². The summed E-state index contributed by atoms with van der Waals surface area (Å²) in [4.78, 5) is 20.2. The fraction of sp³-hybridized carbons (Fsp3) is 0.583. The lowest BCUT2D eigenvalue weighted by atomic mass is 9.96. The van der Waals surface area contributed by atoms with Crippen LogP contribution >= 0.6 is 22.9 Å². The highest BCUT2D eigenvalue weighted by atomic mass is 35.5. The van der Waals surface area contributed by atoms with Crippen molar-refractivity contribution >= 4 is 34.0 Å². The second kappa shape index (κ2) is 11.9. The number of benzene rings is 1. The van der Waals surface area contributed by atoms with Crippen molar-refractivity contribution in [2.24, 2.45) is 0 Å². The molecule has 2 atom stereocenters. The molecule has 0 spiro atoms. The van der Waals surface area contributed by atoms with E-state index in [0.717, 1.165) is 37.7 Å². The fourth-order valence-electron chi connectivity index (χ4n) is 4.37. The summed E-state index contributed by atoms with van der Waals surface area (Å²) in [6.45, 7) is 10.5. The standard InChI is InChI=1S/C22H30ClN3OS.C2HF3O2/c1-15-13-26(21(14-27-15)12-18-4-6-19(23)7-5-18)20-8-10-25(11-9-20)22-24-16(2)17(3)28-22;3-2(4,5)1(6)7/h4-7,15,20-21H,8-14H2,1-3H3;(H,6,7)/t15-,21-;/m0./s1. The largest absolute Gasteiger partial charge is 0.490 e. The highest BCUT2D eigenvalue weighted by Gasteiger charge is 2.38. The van der Waals surface area contributed by atoms with Gasteiger partial charge in [-0.1, -0.05) is 23.7 Å². The minimum absolute atomic E-state index is 0.309. The van der Waals surface area contributed by atoms with Crippen LogP contribution in [0.3, 0.4) is 0 Å². The van der Waals surface area contributed by atoms with Crippen LogP contribution in [-0.2, 0) is 16.0 Å². The molecule has 0 bridgehead atoms. The first-order chi connectivity index (χ1) is 16.4. The van der Waals surface area contributed by atoms with Crippen molar-refractivity contribution in [1.82, 2.24) is 9.88 Å². The molecule has 194 valence electrons. The van der Waals surface area contributed by atoms with Crippen LogP contribution in [-0.4, -0.2) is 71.6 Å². The average molecular weight is 534 g/mol. The number of nitrogens with zero attached hydrogens (tertiary/aromatic N) is 3. The smallest absolute Gasteiger partial charge is 0.475 e. The molecule has 4 rings (SSSR count). The van der Waals surface area contributed by atoms with Gasteiger partial charge in [-0.15, -0.1) is 11.3 Å². The number of aromatic nitrogens is 1. The molecule has 2 saturated heterocycles. The number of anilines is 1. The first-order valence-corrected chi connectivity index (χ1v) is 12.7. The summed E-state index contributed by atoms with van der Waals surface area (Å²) >= 11 is 7.89. The Kier molecular flexibility index (Phi) is 9.42. The molecule has 0 saturated carbocycles. The van der Waals surface area contributed by atoms with Crippen LogP contribution in [0.4, 0.5) is 18.3 Å². The van der Waals surface area contributed by atoms with Gasteiger partial charge in [0, 0.05) is 41.6 Å². The van der Waals surface area contributed by atoms with Crippen LogP contribution in [0, 0.1) is 13.8 Å². The zero-order valence-electron chi connectivity index (χ0n) is 20.0. The molecule has 1 aromatic heterocycles. The van der Waals surface area contributed by atoms with Crippen LogP contribution in [0.25, 0.3) is 0 Å². The number of carboxylic acids is 1. The van der Waals surface area contributed by atoms with E-state index in [2.05, 4.69) is 42.7 Å². The number of rotatable bonds is 4. The Hall–Kier alpha value is -1.88. The lowest BCUT2D eigenvalue weighted by molar-refractivity contribution is -0.192. The first kappa shape index (κ1) is 27.7. The van der Waals surface area contributed by atoms with Crippen LogP contribution < -0.4 is 4.90 Å². The van der Waals surface area contributed by atoms with Crippen LogP contribution in [0.1, 0.15) is 35.9 Å². The molecule has 2 aliphatic heterocycles. The molecule has 2 aliphatic rings. The molecule has 3 heterocycles. The Morgan fingerprint density at radius 1 is 1.23 bits per heavy atom. The molecule has 1 N–H and O–H groups in total. The predicted octanol–water partition coefficient (Wildman–Crippen LogP) is 5.35. The highest BCUT2D eigenvalue weighted by Crippen LogP contribution is 2.30. The lowest BCUT2D eigenvalue weighted by Gasteiger charge is -2.46. The third-order valence-corrected chi connectivity index (χ3v) is 7.74. The van der Waals surface area contributed by atoms with Gasteiger partial charge in [-0.3, -0.25) is 4.90 Å². The van der Waals surface area contributed by atoms with E-state index in [1.54, 1.807) is 0 Å². The maximum Gasteiger partial charge on any atom is 0.490 e. The Morgan fingerprint density at radius 3 is 2.34 bits per heavy atom. The number of morpholine rings is 1. The SMILES string of the molecule is Cc1nc(N2CCC(N3C[C@H](C)OC[C@@H]3Cc3ccc(Cl)cc3)CC2)sc1C.O=C(O)C(F)(F)F. The Morgan fingerprint density at radius 2 is 1.83 bits per heavy atom. The van der Waals surface area contributed by atoms with Crippen molar-refractivity contribution in [2.45, 2.75) is 64.4 Å². The average Bonchev–Trinajstić information content (AvgIpc) is 3.14. The number of ether oxygens (including phenoxy) is 1. The van der Waals surface area contributed by atoms with E-state index in [9.17, 15) is 13.2 Å². The molecule has 0 radical (unpaired) electrons. The van der Waals surface area contributed by atoms with Crippen LogP contribution in [0.2, 0.25) is 5.02 Å². The number of carbonyl (C=O) groups is 1. The summed E-state index contributed by atoms with van der Waals surface area (Å²) in [5, 5.41) is 9.12. The molecule has 1 aromatic carbocycles. The van der Waals surface area contributed by atoms with Crippen molar-refractivity contribution in [3.05, 3.63) is 45.4 Å². The van der Waals surface area contributed by atoms with E-state index in [-0.39, 0.29) is 0 Å². The summed E-state index contributed by atoms with van der Waals surface area (Å²) in [5.74, 6) is -2.76. The van der Waals surface area contributed by atoms with Crippen molar-refractivity contribution < 1.29 is 27.8 Å². The number of carboxylic acid groups (broad SMARTS) is 1. The van der Waals surface area contributed by atoms with E-state index >= 15 is 0 Å². The van der Waals surface area contributed by atoms with Gasteiger partial charge in [0.15, 0.2) is 5.13 Å². The monoisotopic (exact) mass is 533 g/mol. The molecule has 35 heavy (non-hydrogen) atoms. The Balaban J connectivity index is 0.000000429. The van der Waals surface area contributed by atoms with E-state index in [0.29, 0.717) is 18.2 Å². The number of aryl methyl sites for hydroxylation is 2. The zero-order chi connectivity index (χ0) is 25.8. The number of hydrogen-bond donors (Lipinski definition) is 1.